The largest absolute Gasteiger partial charge is 0.321 e. The molecule has 0 aromatic heterocycles. The van der Waals surface area contributed by atoms with Crippen LogP contribution in [-0.4, -0.2) is 44.6 Å². The molecule has 1 aliphatic rings. The predicted octanol–water partition coefficient (Wildman–Crippen LogP) is 2.41. The minimum Gasteiger partial charge on any atom is -0.321 e. The number of rotatable bonds is 2. The molecule has 1 fully saturated rings. The molecular weight excluding hydrogens is 211 g/mol. The average molecular weight is 238 g/mol. The predicted molar refractivity (Wildman–Crippen MR) is 67.7 cm³/mol. The van der Waals surface area contributed by atoms with Gasteiger partial charge in [0.1, 0.15) is 0 Å². The Morgan fingerprint density at radius 3 is 1.87 bits per heavy atom. The molecule has 0 spiro atoms. The Bertz CT molecular complexity index is 171. The van der Waals surface area contributed by atoms with E-state index < -0.39 is 7.52 Å². The van der Waals surface area contributed by atoms with Gasteiger partial charge in [-0.25, -0.2) is 4.67 Å². The first kappa shape index (κ1) is 17.5. The molecule has 0 saturated carbocycles. The van der Waals surface area contributed by atoms with E-state index in [1.54, 1.807) is 6.66 Å². The lowest BCUT2D eigenvalue weighted by Gasteiger charge is -2.30. The minimum atomic E-state index is -2.46. The van der Waals surface area contributed by atoms with E-state index in [0.29, 0.717) is 0 Å². The van der Waals surface area contributed by atoms with Crippen molar-refractivity contribution >= 4 is 7.52 Å². The second-order valence-electron chi connectivity index (χ2n) is 2.69. The highest BCUT2D eigenvalue weighted by molar-refractivity contribution is 7.55. The zero-order valence-corrected chi connectivity index (χ0v) is 11.9. The fraction of sp³-hybridized carbons (Fsp3) is 1.00. The van der Waals surface area contributed by atoms with Crippen LogP contribution in [0.25, 0.3) is 0 Å². The van der Waals surface area contributed by atoms with Crippen molar-refractivity contribution in [2.45, 2.75) is 27.7 Å². The number of nitrogens with one attached hydrogen (secondary N) is 1. The third kappa shape index (κ3) is 7.07. The monoisotopic (exact) mass is 238 g/mol. The van der Waals surface area contributed by atoms with Gasteiger partial charge in [-0.1, -0.05) is 27.7 Å². The Labute approximate surface area is 94.9 Å². The molecule has 0 amide bonds. The van der Waals surface area contributed by atoms with Crippen LogP contribution in [-0.2, 0) is 9.09 Å². The summed E-state index contributed by atoms with van der Waals surface area (Å²) in [6.45, 7) is 13.1. The Morgan fingerprint density at radius 2 is 1.53 bits per heavy atom. The zero-order valence-electron chi connectivity index (χ0n) is 11.0. The standard InChI is InChI=1S/C6H15N2O2P.2C2H6/c1-10-11(2,9)8-5-3-7-4-6-8;2*1-2/h7H,3-6H2,1-2H3;2*1-2H3. The molecule has 0 aromatic carbocycles. The van der Waals surface area contributed by atoms with Crippen LogP contribution in [0, 0.1) is 0 Å². The summed E-state index contributed by atoms with van der Waals surface area (Å²) in [6.07, 6.45) is 0. The lowest BCUT2D eigenvalue weighted by molar-refractivity contribution is 0.288. The molecule has 1 N–H and O–H groups in total. The summed E-state index contributed by atoms with van der Waals surface area (Å²) >= 11 is 0. The number of piperazine rings is 1. The van der Waals surface area contributed by atoms with Crippen molar-refractivity contribution in [1.82, 2.24) is 9.99 Å². The first-order chi connectivity index (χ1) is 7.17. The zero-order chi connectivity index (χ0) is 12.3. The molecule has 1 saturated heterocycles. The van der Waals surface area contributed by atoms with Crippen molar-refractivity contribution in [3.05, 3.63) is 0 Å². The SMILES string of the molecule is CC.CC.COP(C)(=O)N1CCNCC1. The van der Waals surface area contributed by atoms with Gasteiger partial charge in [0.05, 0.1) is 0 Å². The number of hydrogen-bond donors (Lipinski definition) is 1. The molecule has 1 rings (SSSR count). The topological polar surface area (TPSA) is 41.6 Å². The molecule has 4 nitrogen and oxygen atoms in total. The Kier molecular flexibility index (Phi) is 12.4. The highest BCUT2D eigenvalue weighted by atomic mass is 31.2. The van der Waals surface area contributed by atoms with Gasteiger partial charge < -0.3 is 9.84 Å². The second-order valence-corrected chi connectivity index (χ2v) is 5.23. The van der Waals surface area contributed by atoms with Gasteiger partial charge in [-0.05, 0) is 0 Å². The van der Waals surface area contributed by atoms with E-state index in [2.05, 4.69) is 5.32 Å². The van der Waals surface area contributed by atoms with E-state index in [4.69, 9.17) is 4.52 Å². The maximum atomic E-state index is 11.6. The Morgan fingerprint density at radius 1 is 1.13 bits per heavy atom. The third-order valence-corrected chi connectivity index (χ3v) is 4.05. The maximum Gasteiger partial charge on any atom is 0.269 e. The fourth-order valence-corrected chi connectivity index (χ4v) is 2.29. The normalized spacial score (nSPS) is 20.1. The van der Waals surface area contributed by atoms with Crippen LogP contribution in [0.3, 0.4) is 0 Å². The van der Waals surface area contributed by atoms with Crippen molar-refractivity contribution in [3.63, 3.8) is 0 Å². The van der Waals surface area contributed by atoms with Crippen LogP contribution in [0.4, 0.5) is 0 Å². The van der Waals surface area contributed by atoms with Gasteiger partial charge in [0.25, 0.3) is 7.52 Å². The van der Waals surface area contributed by atoms with Gasteiger partial charge in [-0.2, -0.15) is 0 Å². The van der Waals surface area contributed by atoms with E-state index in [1.807, 2.05) is 32.4 Å². The van der Waals surface area contributed by atoms with Crippen molar-refractivity contribution in [2.24, 2.45) is 0 Å². The van der Waals surface area contributed by atoms with Crippen LogP contribution in [0.5, 0.6) is 0 Å². The van der Waals surface area contributed by atoms with Crippen LogP contribution in [0.1, 0.15) is 27.7 Å². The van der Waals surface area contributed by atoms with Crippen LogP contribution in [0.2, 0.25) is 0 Å². The summed E-state index contributed by atoms with van der Waals surface area (Å²) in [6, 6.07) is 0. The summed E-state index contributed by atoms with van der Waals surface area (Å²) in [5, 5.41) is 3.19. The molecule has 0 aliphatic carbocycles. The lowest BCUT2D eigenvalue weighted by atomic mass is 10.4. The van der Waals surface area contributed by atoms with Crippen molar-refractivity contribution in [3.8, 4) is 0 Å². The summed E-state index contributed by atoms with van der Waals surface area (Å²) in [7, 11) is -0.953. The van der Waals surface area contributed by atoms with Gasteiger partial charge in [0.2, 0.25) is 0 Å². The molecule has 0 bridgehead atoms. The van der Waals surface area contributed by atoms with E-state index in [-0.39, 0.29) is 0 Å². The molecule has 1 unspecified atom stereocenters. The molecule has 1 aliphatic heterocycles. The Hall–Kier alpha value is 0.110. The molecule has 5 heteroatoms. The fourth-order valence-electron chi connectivity index (χ4n) is 1.13. The molecular formula is C10H27N2O2P. The smallest absolute Gasteiger partial charge is 0.269 e. The number of nitrogens with zero attached hydrogens (tertiary/aromatic N) is 1. The summed E-state index contributed by atoms with van der Waals surface area (Å²) in [5.41, 5.74) is 0. The molecule has 1 heterocycles. The van der Waals surface area contributed by atoms with E-state index >= 15 is 0 Å². The van der Waals surface area contributed by atoms with Gasteiger partial charge in [-0.3, -0.25) is 4.57 Å². The minimum absolute atomic E-state index is 0.821. The quantitative estimate of drug-likeness (QED) is 0.750. The molecule has 1 atom stereocenters. The maximum absolute atomic E-state index is 11.6. The highest BCUT2D eigenvalue weighted by Crippen LogP contribution is 2.45. The highest BCUT2D eigenvalue weighted by Gasteiger charge is 2.25. The summed E-state index contributed by atoms with van der Waals surface area (Å²) < 4.78 is 18.5. The van der Waals surface area contributed by atoms with Crippen molar-refractivity contribution in [1.29, 1.82) is 0 Å². The van der Waals surface area contributed by atoms with Gasteiger partial charge in [0.15, 0.2) is 0 Å². The molecule has 0 radical (unpaired) electrons. The van der Waals surface area contributed by atoms with E-state index in [1.165, 1.54) is 7.11 Å². The lowest BCUT2D eigenvalue weighted by Crippen LogP contribution is -2.41. The average Bonchev–Trinajstić information content (AvgIpc) is 2.35. The summed E-state index contributed by atoms with van der Waals surface area (Å²) in [4.78, 5) is 0. The van der Waals surface area contributed by atoms with Gasteiger partial charge in [0, 0.05) is 40.0 Å². The summed E-state index contributed by atoms with van der Waals surface area (Å²) in [5.74, 6) is 0. The van der Waals surface area contributed by atoms with Gasteiger partial charge >= 0.3 is 0 Å². The van der Waals surface area contributed by atoms with Crippen LogP contribution < -0.4 is 5.32 Å². The first-order valence-electron chi connectivity index (χ1n) is 5.76. The van der Waals surface area contributed by atoms with Crippen LogP contribution in [0.15, 0.2) is 0 Å². The third-order valence-electron chi connectivity index (χ3n) is 1.95. The van der Waals surface area contributed by atoms with Crippen molar-refractivity contribution in [2.75, 3.05) is 40.0 Å². The Balaban J connectivity index is 0. The van der Waals surface area contributed by atoms with E-state index in [9.17, 15) is 4.57 Å². The first-order valence-corrected chi connectivity index (χ1v) is 7.78. The molecule has 94 valence electrons. The number of hydrogen-bond acceptors (Lipinski definition) is 3. The van der Waals surface area contributed by atoms with Gasteiger partial charge in [-0.15, -0.1) is 0 Å². The van der Waals surface area contributed by atoms with Crippen LogP contribution >= 0.6 is 7.52 Å². The van der Waals surface area contributed by atoms with E-state index in [0.717, 1.165) is 26.2 Å². The van der Waals surface area contributed by atoms with Crippen molar-refractivity contribution < 1.29 is 9.09 Å². The molecule has 15 heavy (non-hydrogen) atoms. The second kappa shape index (κ2) is 10.6. The molecule has 0 aromatic rings.